The third kappa shape index (κ3) is 5.04. The molecule has 6 heteroatoms. The lowest BCUT2D eigenvalue weighted by molar-refractivity contribution is 0.0944. The zero-order valence-electron chi connectivity index (χ0n) is 22.4. The summed E-state index contributed by atoms with van der Waals surface area (Å²) in [5.74, 6) is -0.203. The Labute approximate surface area is 233 Å². The fourth-order valence-corrected chi connectivity index (χ4v) is 5.33. The smallest absolute Gasteiger partial charge is 0.267 e. The van der Waals surface area contributed by atoms with Crippen LogP contribution in [0.25, 0.3) is 11.1 Å². The molecular weight excluding hydrogens is 496 g/mol. The molecule has 2 amide bonds. The molecule has 2 aromatic heterocycles. The van der Waals surface area contributed by atoms with Crippen molar-refractivity contribution >= 4 is 17.5 Å². The van der Waals surface area contributed by atoms with Gasteiger partial charge in [0.15, 0.2) is 0 Å². The number of anilines is 1. The number of carbonyl (C=O) groups is 2. The van der Waals surface area contributed by atoms with Gasteiger partial charge in [-0.25, -0.2) is 0 Å². The van der Waals surface area contributed by atoms with Crippen LogP contribution in [0.1, 0.15) is 43.4 Å². The molecule has 0 saturated carbocycles. The number of rotatable bonds is 6. The minimum Gasteiger partial charge on any atom is -0.350 e. The number of fused-ring (bicyclic) bond motifs is 2. The third-order valence-corrected chi connectivity index (χ3v) is 7.46. The molecule has 6 rings (SSSR count). The Kier molecular flexibility index (Phi) is 6.98. The van der Waals surface area contributed by atoms with Gasteiger partial charge in [-0.2, -0.15) is 0 Å². The number of amides is 2. The highest BCUT2D eigenvalue weighted by Gasteiger charge is 2.27. The van der Waals surface area contributed by atoms with E-state index in [1.54, 1.807) is 6.20 Å². The molecule has 3 heterocycles. The molecule has 0 aliphatic carbocycles. The van der Waals surface area contributed by atoms with Crippen LogP contribution in [-0.2, 0) is 19.5 Å². The first-order valence-electron chi connectivity index (χ1n) is 13.5. The SMILES string of the molecule is Cc1ccccc1-c1ccc(C(=O)N2Cc3ccc(C(=O)NCCc4ccccn4)n3Cc3ccccc32)cc1. The van der Waals surface area contributed by atoms with Crippen molar-refractivity contribution in [1.29, 1.82) is 0 Å². The summed E-state index contributed by atoms with van der Waals surface area (Å²) in [5.41, 5.74) is 8.35. The highest BCUT2D eigenvalue weighted by Crippen LogP contribution is 2.31. The third-order valence-electron chi connectivity index (χ3n) is 7.46. The van der Waals surface area contributed by atoms with Gasteiger partial charge in [-0.05, 0) is 71.6 Å². The minimum absolute atomic E-state index is 0.0696. The molecule has 198 valence electrons. The van der Waals surface area contributed by atoms with Crippen molar-refractivity contribution < 1.29 is 9.59 Å². The van der Waals surface area contributed by atoms with Crippen LogP contribution in [0.15, 0.2) is 109 Å². The van der Waals surface area contributed by atoms with Gasteiger partial charge in [0, 0.05) is 41.8 Å². The molecule has 3 aromatic carbocycles. The number of nitrogens with one attached hydrogen (secondary N) is 1. The van der Waals surface area contributed by atoms with Crippen LogP contribution in [0, 0.1) is 6.92 Å². The second kappa shape index (κ2) is 11.0. The first kappa shape index (κ1) is 25.3. The van der Waals surface area contributed by atoms with Crippen molar-refractivity contribution in [2.24, 2.45) is 0 Å². The maximum Gasteiger partial charge on any atom is 0.267 e. The number of hydrogen-bond acceptors (Lipinski definition) is 3. The predicted molar refractivity (Wildman–Crippen MR) is 157 cm³/mol. The molecule has 0 atom stereocenters. The summed E-state index contributed by atoms with van der Waals surface area (Å²) in [6.07, 6.45) is 2.42. The number of nitrogens with zero attached hydrogens (tertiary/aromatic N) is 3. The maximum atomic E-state index is 13.9. The van der Waals surface area contributed by atoms with Crippen molar-refractivity contribution in [2.45, 2.75) is 26.4 Å². The van der Waals surface area contributed by atoms with Gasteiger partial charge in [0.2, 0.25) is 0 Å². The van der Waals surface area contributed by atoms with E-state index in [0.29, 0.717) is 37.3 Å². The minimum atomic E-state index is -0.133. The molecular formula is C34H30N4O2. The molecule has 0 fully saturated rings. The number of benzene rings is 3. The Bertz CT molecular complexity index is 1670. The zero-order chi connectivity index (χ0) is 27.5. The van der Waals surface area contributed by atoms with Crippen LogP contribution in [0.4, 0.5) is 5.69 Å². The van der Waals surface area contributed by atoms with E-state index in [4.69, 9.17) is 0 Å². The van der Waals surface area contributed by atoms with Crippen molar-refractivity contribution in [3.05, 3.63) is 143 Å². The van der Waals surface area contributed by atoms with E-state index >= 15 is 0 Å². The van der Waals surface area contributed by atoms with Crippen LogP contribution in [0.3, 0.4) is 0 Å². The Morgan fingerprint density at radius 1 is 0.825 bits per heavy atom. The van der Waals surface area contributed by atoms with Crippen molar-refractivity contribution in [1.82, 2.24) is 14.9 Å². The molecule has 1 N–H and O–H groups in total. The summed E-state index contributed by atoms with van der Waals surface area (Å²) in [4.78, 5) is 33.2. The lowest BCUT2D eigenvalue weighted by atomic mass is 9.99. The summed E-state index contributed by atoms with van der Waals surface area (Å²) in [7, 11) is 0. The summed E-state index contributed by atoms with van der Waals surface area (Å²) < 4.78 is 2.02. The van der Waals surface area contributed by atoms with Crippen LogP contribution in [0.5, 0.6) is 0 Å². The number of aromatic nitrogens is 2. The van der Waals surface area contributed by atoms with E-state index in [9.17, 15) is 9.59 Å². The maximum absolute atomic E-state index is 13.9. The highest BCUT2D eigenvalue weighted by atomic mass is 16.2. The normalized spacial score (nSPS) is 12.3. The zero-order valence-corrected chi connectivity index (χ0v) is 22.4. The Hall–Kier alpha value is -4.97. The van der Waals surface area contributed by atoms with E-state index < -0.39 is 0 Å². The molecule has 1 aliphatic rings. The van der Waals surface area contributed by atoms with Gasteiger partial charge >= 0.3 is 0 Å². The Morgan fingerprint density at radius 2 is 1.60 bits per heavy atom. The van der Waals surface area contributed by atoms with Crippen LogP contribution >= 0.6 is 0 Å². The summed E-state index contributed by atoms with van der Waals surface area (Å²) >= 11 is 0. The topological polar surface area (TPSA) is 67.2 Å². The van der Waals surface area contributed by atoms with Crippen LogP contribution < -0.4 is 10.2 Å². The molecule has 0 unspecified atom stereocenters. The highest BCUT2D eigenvalue weighted by molar-refractivity contribution is 6.07. The fourth-order valence-electron chi connectivity index (χ4n) is 5.33. The van der Waals surface area contributed by atoms with Gasteiger partial charge in [-0.1, -0.05) is 60.7 Å². The van der Waals surface area contributed by atoms with Crippen molar-refractivity contribution in [2.75, 3.05) is 11.4 Å². The summed E-state index contributed by atoms with van der Waals surface area (Å²) in [6.45, 7) is 3.47. The standard InChI is InChI=1S/C34H30N4O2/c1-24-8-2-4-11-30(24)25-13-15-26(16-14-25)34(40)38-23-29-17-18-32(37(29)22-27-9-3-5-12-31(27)38)33(39)36-21-19-28-10-6-7-20-35-28/h2-18,20H,19,21-23H2,1H3,(H,36,39). The largest absolute Gasteiger partial charge is 0.350 e. The number of aryl methyl sites for hydroxylation is 1. The predicted octanol–water partition coefficient (Wildman–Crippen LogP) is 6.04. The number of pyridine rings is 1. The Morgan fingerprint density at radius 3 is 2.40 bits per heavy atom. The average molecular weight is 527 g/mol. The quantitative estimate of drug-likeness (QED) is 0.293. The molecule has 0 bridgehead atoms. The lowest BCUT2D eigenvalue weighted by Gasteiger charge is -2.23. The van der Waals surface area contributed by atoms with Gasteiger partial charge in [0.05, 0.1) is 13.1 Å². The molecule has 5 aromatic rings. The lowest BCUT2D eigenvalue weighted by Crippen LogP contribution is -2.31. The number of hydrogen-bond donors (Lipinski definition) is 1. The van der Waals surface area contributed by atoms with Crippen molar-refractivity contribution in [3.8, 4) is 11.1 Å². The summed E-state index contributed by atoms with van der Waals surface area (Å²) in [6, 6.07) is 33.6. The fraction of sp³-hybridized carbons (Fsp3) is 0.147. The van der Waals surface area contributed by atoms with E-state index in [1.165, 1.54) is 5.56 Å². The van der Waals surface area contributed by atoms with Gasteiger partial charge in [0.1, 0.15) is 5.69 Å². The average Bonchev–Trinajstić information content (AvgIpc) is 3.31. The van der Waals surface area contributed by atoms with Gasteiger partial charge in [-0.3, -0.25) is 14.6 Å². The van der Waals surface area contributed by atoms with E-state index in [2.05, 4.69) is 29.4 Å². The first-order chi connectivity index (χ1) is 19.6. The van der Waals surface area contributed by atoms with Crippen LogP contribution in [-0.4, -0.2) is 27.9 Å². The second-order valence-electron chi connectivity index (χ2n) is 10.0. The molecule has 0 spiro atoms. The van der Waals surface area contributed by atoms with Crippen LogP contribution in [0.2, 0.25) is 0 Å². The van der Waals surface area contributed by atoms with E-state index in [-0.39, 0.29) is 11.8 Å². The Balaban J connectivity index is 1.25. The monoisotopic (exact) mass is 526 g/mol. The number of para-hydroxylation sites is 1. The molecule has 40 heavy (non-hydrogen) atoms. The number of carbonyl (C=O) groups excluding carboxylic acids is 2. The second-order valence-corrected chi connectivity index (χ2v) is 10.0. The molecule has 6 nitrogen and oxygen atoms in total. The van der Waals surface area contributed by atoms with E-state index in [1.807, 2.05) is 100 Å². The van der Waals surface area contributed by atoms with Crippen molar-refractivity contribution in [3.63, 3.8) is 0 Å². The van der Waals surface area contributed by atoms with Gasteiger partial charge in [0.25, 0.3) is 11.8 Å². The van der Waals surface area contributed by atoms with Gasteiger partial charge < -0.3 is 14.8 Å². The van der Waals surface area contributed by atoms with Gasteiger partial charge in [-0.15, -0.1) is 0 Å². The molecule has 1 aliphatic heterocycles. The summed E-state index contributed by atoms with van der Waals surface area (Å²) in [5, 5.41) is 3.03. The first-order valence-corrected chi connectivity index (χ1v) is 13.5. The van der Waals surface area contributed by atoms with E-state index in [0.717, 1.165) is 33.8 Å². The molecule has 0 radical (unpaired) electrons. The molecule has 0 saturated heterocycles.